The summed E-state index contributed by atoms with van der Waals surface area (Å²) in [6.07, 6.45) is 6.91. The highest BCUT2D eigenvalue weighted by atomic mass is 32.1. The van der Waals surface area contributed by atoms with E-state index in [1.165, 1.54) is 6.07 Å². The van der Waals surface area contributed by atoms with Crippen LogP contribution in [0, 0.1) is 5.13 Å². The molecule has 0 fully saturated rings. The first-order chi connectivity index (χ1) is 14.8. The SMILES string of the molecule is Fc1ccc(-c2nccc3[nH]c(-c4n[nH]c5cnc(-c6ccncc6)cc45)nc23)s1. The highest BCUT2D eigenvalue weighted by Gasteiger charge is 2.17. The van der Waals surface area contributed by atoms with E-state index in [0.717, 1.165) is 43.9 Å². The lowest BCUT2D eigenvalue weighted by Gasteiger charge is -2.00. The van der Waals surface area contributed by atoms with Gasteiger partial charge in [-0.2, -0.15) is 9.49 Å². The van der Waals surface area contributed by atoms with Crippen molar-refractivity contribution in [3.05, 3.63) is 66.3 Å². The third-order valence-electron chi connectivity index (χ3n) is 4.86. The molecule has 6 rings (SSSR count). The Hall–Kier alpha value is -3.98. The van der Waals surface area contributed by atoms with E-state index in [1.807, 2.05) is 24.3 Å². The molecule has 144 valence electrons. The first kappa shape index (κ1) is 16.9. The van der Waals surface area contributed by atoms with E-state index in [2.05, 4.69) is 30.1 Å². The van der Waals surface area contributed by atoms with Gasteiger partial charge in [-0.15, -0.1) is 11.3 Å². The van der Waals surface area contributed by atoms with Crippen molar-refractivity contribution in [1.82, 2.24) is 35.1 Å². The molecule has 0 saturated heterocycles. The van der Waals surface area contributed by atoms with E-state index in [-0.39, 0.29) is 5.13 Å². The van der Waals surface area contributed by atoms with Crippen LogP contribution in [0.5, 0.6) is 0 Å². The minimum Gasteiger partial charge on any atom is -0.336 e. The molecule has 30 heavy (non-hydrogen) atoms. The number of fused-ring (bicyclic) bond motifs is 2. The molecule has 0 saturated carbocycles. The fourth-order valence-electron chi connectivity index (χ4n) is 3.45. The van der Waals surface area contributed by atoms with Crippen LogP contribution in [-0.4, -0.2) is 35.1 Å². The van der Waals surface area contributed by atoms with E-state index in [1.54, 1.807) is 30.9 Å². The standard InChI is InChI=1S/C21H12FN7S/c22-17-2-1-16(30-17)20-19-13(5-8-24-20)26-21(27-19)18-12-9-14(11-3-6-23-7-4-11)25-10-15(12)28-29-18/h1-10H,(H,26,27)(H,28,29). The van der Waals surface area contributed by atoms with Gasteiger partial charge in [0.05, 0.1) is 27.8 Å². The summed E-state index contributed by atoms with van der Waals surface area (Å²) in [5.41, 5.74) is 5.40. The zero-order chi connectivity index (χ0) is 20.1. The fourth-order valence-corrected chi connectivity index (χ4v) is 4.18. The maximum Gasteiger partial charge on any atom is 0.177 e. The summed E-state index contributed by atoms with van der Waals surface area (Å²) < 4.78 is 13.5. The Kier molecular flexibility index (Phi) is 3.68. The highest BCUT2D eigenvalue weighted by Crippen LogP contribution is 2.33. The average Bonchev–Trinajstić information content (AvgIpc) is 3.51. The van der Waals surface area contributed by atoms with Crippen molar-refractivity contribution >= 4 is 33.3 Å². The van der Waals surface area contributed by atoms with Gasteiger partial charge in [0.25, 0.3) is 0 Å². The molecule has 6 heterocycles. The lowest BCUT2D eigenvalue weighted by molar-refractivity contribution is 0.657. The van der Waals surface area contributed by atoms with Crippen LogP contribution in [0.15, 0.2) is 61.2 Å². The summed E-state index contributed by atoms with van der Waals surface area (Å²) in [6.45, 7) is 0. The van der Waals surface area contributed by atoms with Gasteiger partial charge in [-0.3, -0.25) is 20.1 Å². The molecule has 0 atom stereocenters. The number of nitrogens with zero attached hydrogens (tertiary/aromatic N) is 5. The van der Waals surface area contributed by atoms with Crippen molar-refractivity contribution in [2.75, 3.05) is 0 Å². The first-order valence-electron chi connectivity index (χ1n) is 9.11. The normalized spacial score (nSPS) is 11.5. The molecule has 9 heteroatoms. The monoisotopic (exact) mass is 413 g/mol. The maximum atomic E-state index is 13.5. The van der Waals surface area contributed by atoms with Crippen LogP contribution in [0.4, 0.5) is 4.39 Å². The lowest BCUT2D eigenvalue weighted by atomic mass is 10.1. The van der Waals surface area contributed by atoms with Gasteiger partial charge in [-0.05, 0) is 36.4 Å². The number of aromatic nitrogens is 7. The Balaban J connectivity index is 1.52. The molecule has 0 amide bonds. The number of imidazole rings is 1. The van der Waals surface area contributed by atoms with Crippen molar-refractivity contribution in [3.63, 3.8) is 0 Å². The highest BCUT2D eigenvalue weighted by molar-refractivity contribution is 7.13. The summed E-state index contributed by atoms with van der Waals surface area (Å²) in [5, 5.41) is 8.10. The number of aromatic amines is 2. The molecule has 0 aliphatic carbocycles. The Labute approximate surface area is 172 Å². The number of thiophene rings is 1. The van der Waals surface area contributed by atoms with Crippen molar-refractivity contribution < 1.29 is 4.39 Å². The number of pyridine rings is 3. The van der Waals surface area contributed by atoms with Crippen molar-refractivity contribution in [1.29, 1.82) is 0 Å². The molecule has 0 aliphatic heterocycles. The van der Waals surface area contributed by atoms with Crippen LogP contribution in [0.3, 0.4) is 0 Å². The Morgan fingerprint density at radius 3 is 2.63 bits per heavy atom. The second kappa shape index (κ2) is 6.53. The summed E-state index contributed by atoms with van der Waals surface area (Å²) in [7, 11) is 0. The van der Waals surface area contributed by atoms with Crippen LogP contribution in [0.25, 0.3) is 55.3 Å². The number of nitrogens with one attached hydrogen (secondary N) is 2. The summed E-state index contributed by atoms with van der Waals surface area (Å²) in [4.78, 5) is 21.8. The average molecular weight is 413 g/mol. The van der Waals surface area contributed by atoms with E-state index >= 15 is 0 Å². The summed E-state index contributed by atoms with van der Waals surface area (Å²) >= 11 is 1.05. The quantitative estimate of drug-likeness (QED) is 0.433. The third-order valence-corrected chi connectivity index (χ3v) is 5.74. The van der Waals surface area contributed by atoms with Crippen LogP contribution >= 0.6 is 11.3 Å². The Morgan fingerprint density at radius 1 is 0.900 bits per heavy atom. The summed E-state index contributed by atoms with van der Waals surface area (Å²) in [5.74, 6) is 0.606. The van der Waals surface area contributed by atoms with Gasteiger partial charge in [-0.1, -0.05) is 0 Å². The molecule has 0 radical (unpaired) electrons. The molecule has 0 aliphatic rings. The maximum absolute atomic E-state index is 13.5. The summed E-state index contributed by atoms with van der Waals surface area (Å²) in [6, 6.07) is 10.8. The van der Waals surface area contributed by atoms with Crippen LogP contribution in [0.2, 0.25) is 0 Å². The van der Waals surface area contributed by atoms with Crippen LogP contribution in [0.1, 0.15) is 0 Å². The minimum absolute atomic E-state index is 0.256. The Bertz CT molecular complexity index is 1520. The van der Waals surface area contributed by atoms with Gasteiger partial charge in [0, 0.05) is 29.5 Å². The molecule has 0 bridgehead atoms. The van der Waals surface area contributed by atoms with Gasteiger partial charge in [0.1, 0.15) is 16.9 Å². The molecule has 0 unspecified atom stereocenters. The molecular weight excluding hydrogens is 401 g/mol. The third kappa shape index (κ3) is 2.67. The molecule has 6 aromatic heterocycles. The van der Waals surface area contributed by atoms with E-state index in [4.69, 9.17) is 4.98 Å². The molecule has 2 N–H and O–H groups in total. The van der Waals surface area contributed by atoms with E-state index in [0.29, 0.717) is 22.7 Å². The van der Waals surface area contributed by atoms with Gasteiger partial charge in [0.2, 0.25) is 0 Å². The minimum atomic E-state index is -0.256. The van der Waals surface area contributed by atoms with Gasteiger partial charge in [0.15, 0.2) is 11.0 Å². The number of hydrogen-bond acceptors (Lipinski definition) is 6. The molecule has 6 aromatic rings. The van der Waals surface area contributed by atoms with Gasteiger partial charge in [-0.25, -0.2) is 4.98 Å². The first-order valence-corrected chi connectivity index (χ1v) is 9.93. The number of H-pyrrole nitrogens is 2. The zero-order valence-electron chi connectivity index (χ0n) is 15.3. The topological polar surface area (TPSA) is 96.0 Å². The smallest absolute Gasteiger partial charge is 0.177 e. The zero-order valence-corrected chi connectivity index (χ0v) is 16.1. The van der Waals surface area contributed by atoms with Gasteiger partial charge >= 0.3 is 0 Å². The van der Waals surface area contributed by atoms with Crippen molar-refractivity contribution in [2.24, 2.45) is 0 Å². The van der Waals surface area contributed by atoms with Crippen LogP contribution in [-0.2, 0) is 0 Å². The van der Waals surface area contributed by atoms with E-state index < -0.39 is 0 Å². The number of rotatable bonds is 3. The number of halogens is 1. The molecule has 0 aromatic carbocycles. The number of hydrogen-bond donors (Lipinski definition) is 2. The largest absolute Gasteiger partial charge is 0.336 e. The van der Waals surface area contributed by atoms with E-state index in [9.17, 15) is 4.39 Å². The van der Waals surface area contributed by atoms with Crippen LogP contribution < -0.4 is 0 Å². The van der Waals surface area contributed by atoms with Gasteiger partial charge < -0.3 is 4.98 Å². The van der Waals surface area contributed by atoms with Crippen molar-refractivity contribution in [3.8, 4) is 33.3 Å². The van der Waals surface area contributed by atoms with Crippen molar-refractivity contribution in [2.45, 2.75) is 0 Å². The lowest BCUT2D eigenvalue weighted by Crippen LogP contribution is -1.85. The second-order valence-electron chi connectivity index (χ2n) is 6.67. The second-order valence-corrected chi connectivity index (χ2v) is 7.70. The predicted molar refractivity (Wildman–Crippen MR) is 113 cm³/mol. The Morgan fingerprint density at radius 2 is 1.80 bits per heavy atom. The fraction of sp³-hybridized carbons (Fsp3) is 0. The predicted octanol–water partition coefficient (Wildman–Crippen LogP) is 4.83. The molecule has 0 spiro atoms. The molecule has 7 nitrogen and oxygen atoms in total. The molecular formula is C21H12FN7S.